The molecule has 0 aromatic carbocycles. The Morgan fingerprint density at radius 3 is 3.20 bits per heavy atom. The zero-order chi connectivity index (χ0) is 10.4. The third-order valence-corrected chi connectivity index (χ3v) is 4.03. The van der Waals surface area contributed by atoms with Gasteiger partial charge in [-0.25, -0.2) is 0 Å². The quantitative estimate of drug-likeness (QED) is 0.646. The van der Waals surface area contributed by atoms with Gasteiger partial charge in [0.15, 0.2) is 0 Å². The lowest BCUT2D eigenvalue weighted by molar-refractivity contribution is -0.138. The average molecular weight is 204 g/mol. The van der Waals surface area contributed by atoms with Crippen molar-refractivity contribution in [1.29, 1.82) is 0 Å². The second-order valence-corrected chi connectivity index (χ2v) is 4.80. The molecular formula is C13H16O2. The summed E-state index contributed by atoms with van der Waals surface area (Å²) < 4.78 is 5.38. The number of fused-ring (bicyclic) bond motifs is 5. The van der Waals surface area contributed by atoms with Gasteiger partial charge in [0.1, 0.15) is 5.76 Å². The number of ether oxygens (including phenoxy) is 1. The number of carbonyl (C=O) groups excluding carboxylic acids is 1. The van der Waals surface area contributed by atoms with Crippen molar-refractivity contribution in [3.63, 3.8) is 0 Å². The van der Waals surface area contributed by atoms with Crippen molar-refractivity contribution in [2.75, 3.05) is 0 Å². The van der Waals surface area contributed by atoms with Crippen LogP contribution in [0, 0.1) is 17.8 Å². The molecule has 3 atom stereocenters. The Morgan fingerprint density at radius 1 is 1.53 bits per heavy atom. The SMILES string of the molecule is CCC(=O)OC1=C2C3CCC(C3)C2C=C1. The van der Waals surface area contributed by atoms with Crippen LogP contribution in [0.25, 0.3) is 0 Å². The molecule has 0 spiro atoms. The molecule has 2 bridgehead atoms. The summed E-state index contributed by atoms with van der Waals surface area (Å²) in [5, 5.41) is 0. The molecule has 3 aliphatic rings. The smallest absolute Gasteiger partial charge is 0.310 e. The molecule has 0 saturated heterocycles. The summed E-state index contributed by atoms with van der Waals surface area (Å²) in [4.78, 5) is 11.3. The van der Waals surface area contributed by atoms with Gasteiger partial charge in [-0.05, 0) is 42.7 Å². The predicted octanol–water partition coefficient (Wildman–Crippen LogP) is 2.81. The minimum Gasteiger partial charge on any atom is -0.427 e. The van der Waals surface area contributed by atoms with Gasteiger partial charge < -0.3 is 4.74 Å². The number of hydrogen-bond acceptors (Lipinski definition) is 2. The number of hydrogen-bond donors (Lipinski definition) is 0. The Bertz CT molecular complexity index is 365. The number of allylic oxidation sites excluding steroid dienone is 3. The third kappa shape index (κ3) is 1.27. The predicted molar refractivity (Wildman–Crippen MR) is 56.9 cm³/mol. The minimum atomic E-state index is -0.106. The first-order chi connectivity index (χ1) is 7.29. The molecule has 0 radical (unpaired) electrons. The highest BCUT2D eigenvalue weighted by Gasteiger charge is 2.46. The van der Waals surface area contributed by atoms with E-state index in [-0.39, 0.29) is 5.97 Å². The van der Waals surface area contributed by atoms with E-state index in [0.29, 0.717) is 18.3 Å². The maximum atomic E-state index is 11.3. The molecule has 0 aromatic heterocycles. The Morgan fingerprint density at radius 2 is 2.40 bits per heavy atom. The van der Waals surface area contributed by atoms with Crippen molar-refractivity contribution >= 4 is 5.97 Å². The maximum Gasteiger partial charge on any atom is 0.310 e. The van der Waals surface area contributed by atoms with Crippen LogP contribution >= 0.6 is 0 Å². The molecule has 0 aliphatic heterocycles. The summed E-state index contributed by atoms with van der Waals surface area (Å²) in [5.41, 5.74) is 1.42. The Balaban J connectivity index is 1.86. The van der Waals surface area contributed by atoms with Crippen LogP contribution in [0.4, 0.5) is 0 Å². The lowest BCUT2D eigenvalue weighted by Gasteiger charge is -2.19. The topological polar surface area (TPSA) is 26.3 Å². The van der Waals surface area contributed by atoms with Crippen LogP contribution in [-0.2, 0) is 9.53 Å². The van der Waals surface area contributed by atoms with Gasteiger partial charge in [-0.15, -0.1) is 0 Å². The molecule has 0 heterocycles. The van der Waals surface area contributed by atoms with Crippen molar-refractivity contribution < 1.29 is 9.53 Å². The fraction of sp³-hybridized carbons (Fsp3) is 0.615. The minimum absolute atomic E-state index is 0.106. The number of rotatable bonds is 2. The Kier molecular flexibility index (Phi) is 1.98. The van der Waals surface area contributed by atoms with Crippen molar-refractivity contribution in [3.8, 4) is 0 Å². The first-order valence-electron chi connectivity index (χ1n) is 5.92. The largest absolute Gasteiger partial charge is 0.427 e. The van der Waals surface area contributed by atoms with Crippen molar-refractivity contribution in [2.45, 2.75) is 32.6 Å². The van der Waals surface area contributed by atoms with E-state index in [4.69, 9.17) is 4.74 Å². The van der Waals surface area contributed by atoms with Crippen LogP contribution in [0.3, 0.4) is 0 Å². The lowest BCUT2D eigenvalue weighted by atomic mass is 9.86. The highest BCUT2D eigenvalue weighted by molar-refractivity contribution is 5.71. The first kappa shape index (κ1) is 9.20. The van der Waals surface area contributed by atoms with E-state index in [9.17, 15) is 4.79 Å². The van der Waals surface area contributed by atoms with E-state index in [2.05, 4.69) is 6.08 Å². The summed E-state index contributed by atoms with van der Waals surface area (Å²) in [6.45, 7) is 1.84. The van der Waals surface area contributed by atoms with Crippen molar-refractivity contribution in [1.82, 2.24) is 0 Å². The summed E-state index contributed by atoms with van der Waals surface area (Å²) in [6.07, 6.45) is 8.68. The molecule has 0 aromatic rings. The second-order valence-electron chi connectivity index (χ2n) is 4.80. The van der Waals surface area contributed by atoms with Crippen LogP contribution < -0.4 is 0 Å². The number of esters is 1. The highest BCUT2D eigenvalue weighted by Crippen LogP contribution is 2.55. The summed E-state index contributed by atoms with van der Waals surface area (Å²) in [5.74, 6) is 2.90. The average Bonchev–Trinajstić information content (AvgIpc) is 2.89. The van der Waals surface area contributed by atoms with Crippen molar-refractivity contribution in [2.24, 2.45) is 17.8 Å². The second kappa shape index (κ2) is 3.22. The van der Waals surface area contributed by atoms with Gasteiger partial charge in [-0.3, -0.25) is 4.79 Å². The molecule has 3 rings (SSSR count). The van der Waals surface area contributed by atoms with Crippen LogP contribution in [0.15, 0.2) is 23.5 Å². The summed E-state index contributed by atoms with van der Waals surface area (Å²) in [6, 6.07) is 0. The normalized spacial score (nSPS) is 36.2. The Labute approximate surface area is 90.0 Å². The molecule has 80 valence electrons. The monoisotopic (exact) mass is 204 g/mol. The zero-order valence-electron chi connectivity index (χ0n) is 9.03. The van der Waals surface area contributed by atoms with E-state index < -0.39 is 0 Å². The number of carbonyl (C=O) groups is 1. The molecule has 2 heteroatoms. The van der Waals surface area contributed by atoms with Crippen LogP contribution in [0.5, 0.6) is 0 Å². The van der Waals surface area contributed by atoms with Gasteiger partial charge in [-0.2, -0.15) is 0 Å². The third-order valence-electron chi connectivity index (χ3n) is 4.03. The Hall–Kier alpha value is -1.05. The highest BCUT2D eigenvalue weighted by atomic mass is 16.5. The van der Waals surface area contributed by atoms with E-state index in [1.165, 1.54) is 24.8 Å². The molecule has 3 aliphatic carbocycles. The fourth-order valence-electron chi connectivity index (χ4n) is 3.35. The van der Waals surface area contributed by atoms with Gasteiger partial charge >= 0.3 is 5.97 Å². The van der Waals surface area contributed by atoms with E-state index in [0.717, 1.165) is 11.7 Å². The molecule has 3 unspecified atom stereocenters. The van der Waals surface area contributed by atoms with Gasteiger partial charge in [0.2, 0.25) is 0 Å². The van der Waals surface area contributed by atoms with Crippen LogP contribution in [0.1, 0.15) is 32.6 Å². The van der Waals surface area contributed by atoms with Crippen molar-refractivity contribution in [3.05, 3.63) is 23.5 Å². The van der Waals surface area contributed by atoms with Gasteiger partial charge in [0, 0.05) is 12.3 Å². The standard InChI is InChI=1S/C13H16O2/c1-2-12(14)15-11-6-5-10-8-3-4-9(7-8)13(10)11/h5-6,8-10H,2-4,7H2,1H3. The fourth-order valence-corrected chi connectivity index (χ4v) is 3.35. The van der Waals surface area contributed by atoms with E-state index in [1.54, 1.807) is 0 Å². The molecule has 2 saturated carbocycles. The molecule has 0 N–H and O–H groups in total. The first-order valence-corrected chi connectivity index (χ1v) is 5.92. The molecule has 15 heavy (non-hydrogen) atoms. The van der Waals surface area contributed by atoms with E-state index in [1.807, 2.05) is 13.0 Å². The van der Waals surface area contributed by atoms with E-state index >= 15 is 0 Å². The molecular weight excluding hydrogens is 188 g/mol. The van der Waals surface area contributed by atoms with Gasteiger partial charge in [0.25, 0.3) is 0 Å². The maximum absolute atomic E-state index is 11.3. The molecule has 0 amide bonds. The lowest BCUT2D eigenvalue weighted by Crippen LogP contribution is -2.11. The van der Waals surface area contributed by atoms with Crippen LogP contribution in [0.2, 0.25) is 0 Å². The summed E-state index contributed by atoms with van der Waals surface area (Å²) >= 11 is 0. The van der Waals surface area contributed by atoms with Crippen LogP contribution in [-0.4, -0.2) is 5.97 Å². The summed E-state index contributed by atoms with van der Waals surface area (Å²) in [7, 11) is 0. The van der Waals surface area contributed by atoms with Gasteiger partial charge in [0.05, 0.1) is 0 Å². The molecule has 2 fully saturated rings. The zero-order valence-corrected chi connectivity index (χ0v) is 9.03. The van der Waals surface area contributed by atoms with Gasteiger partial charge in [-0.1, -0.05) is 13.0 Å². The molecule has 2 nitrogen and oxygen atoms in total.